The van der Waals surface area contributed by atoms with Crippen molar-refractivity contribution in [1.29, 1.82) is 0 Å². The molecule has 21 heavy (non-hydrogen) atoms. The molecule has 0 aromatic heterocycles. The number of hydrogen-bond donors (Lipinski definition) is 0. The molecular formula is C18H30N2Si. The summed E-state index contributed by atoms with van der Waals surface area (Å²) in [6.45, 7) is 10.9. The molecule has 2 nitrogen and oxygen atoms in total. The zero-order chi connectivity index (χ0) is 15.0. The molecule has 116 valence electrons. The number of fused-ring (bicyclic) bond motifs is 2. The average Bonchev–Trinajstić information content (AvgIpc) is 2.67. The summed E-state index contributed by atoms with van der Waals surface area (Å²) in [5.74, 6) is 0. The first kappa shape index (κ1) is 15.3. The highest BCUT2D eigenvalue weighted by Crippen LogP contribution is 2.28. The molecular weight excluding hydrogens is 272 g/mol. The van der Waals surface area contributed by atoms with Gasteiger partial charge in [0, 0.05) is 31.7 Å². The van der Waals surface area contributed by atoms with E-state index in [1.54, 1.807) is 5.19 Å². The van der Waals surface area contributed by atoms with E-state index in [-0.39, 0.29) is 0 Å². The van der Waals surface area contributed by atoms with Crippen LogP contribution < -0.4 is 5.19 Å². The number of hydrogen-bond acceptors (Lipinski definition) is 2. The third kappa shape index (κ3) is 3.41. The number of likely N-dealkylation sites (tertiary alicyclic amines) is 1. The van der Waals surface area contributed by atoms with Crippen LogP contribution in [0.2, 0.25) is 19.6 Å². The van der Waals surface area contributed by atoms with Gasteiger partial charge in [-0.05, 0) is 31.9 Å². The summed E-state index contributed by atoms with van der Waals surface area (Å²) >= 11 is 0. The summed E-state index contributed by atoms with van der Waals surface area (Å²) in [6, 6.07) is 11.1. The Hall–Kier alpha value is -0.643. The second-order valence-corrected chi connectivity index (χ2v) is 13.1. The van der Waals surface area contributed by atoms with Gasteiger partial charge in [-0.25, -0.2) is 0 Å². The first-order valence-corrected chi connectivity index (χ1v) is 12.0. The largest absolute Gasteiger partial charge is 0.299 e. The predicted molar refractivity (Wildman–Crippen MR) is 93.9 cm³/mol. The van der Waals surface area contributed by atoms with Crippen molar-refractivity contribution in [1.82, 2.24) is 9.80 Å². The van der Waals surface area contributed by atoms with E-state index in [0.717, 1.165) is 18.6 Å². The lowest BCUT2D eigenvalue weighted by Crippen LogP contribution is -2.38. The van der Waals surface area contributed by atoms with E-state index in [2.05, 4.69) is 60.8 Å². The van der Waals surface area contributed by atoms with Gasteiger partial charge in [0.1, 0.15) is 0 Å². The lowest BCUT2D eigenvalue weighted by Gasteiger charge is -2.26. The number of rotatable bonds is 3. The molecule has 2 unspecified atom stereocenters. The lowest BCUT2D eigenvalue weighted by molar-refractivity contribution is 0.214. The second kappa shape index (κ2) is 5.86. The van der Waals surface area contributed by atoms with Gasteiger partial charge in [-0.2, -0.15) is 0 Å². The minimum atomic E-state index is -1.16. The van der Waals surface area contributed by atoms with E-state index < -0.39 is 8.07 Å². The van der Waals surface area contributed by atoms with Crippen molar-refractivity contribution in [2.75, 3.05) is 20.1 Å². The highest BCUT2D eigenvalue weighted by molar-refractivity contribution is 6.88. The smallest absolute Gasteiger partial charge is 0.0775 e. The third-order valence-electron chi connectivity index (χ3n) is 5.46. The van der Waals surface area contributed by atoms with Gasteiger partial charge in [-0.3, -0.25) is 9.80 Å². The SMILES string of the molecule is CN1C2CCC1CN(Cc1ccc([Si](C)(C)C)cc1)CC2. The topological polar surface area (TPSA) is 6.48 Å². The zero-order valence-corrected chi connectivity index (χ0v) is 15.1. The molecule has 3 heteroatoms. The van der Waals surface area contributed by atoms with Crippen molar-refractivity contribution >= 4 is 13.3 Å². The summed E-state index contributed by atoms with van der Waals surface area (Å²) in [4.78, 5) is 5.30. The first-order valence-electron chi connectivity index (χ1n) is 8.47. The van der Waals surface area contributed by atoms with Crippen LogP contribution in [0.15, 0.2) is 24.3 Å². The van der Waals surface area contributed by atoms with E-state index in [1.807, 2.05) is 0 Å². The third-order valence-corrected chi connectivity index (χ3v) is 7.52. The Kier molecular flexibility index (Phi) is 4.26. The van der Waals surface area contributed by atoms with Crippen LogP contribution in [0.3, 0.4) is 0 Å². The maximum absolute atomic E-state index is 2.67. The molecule has 2 atom stereocenters. The Bertz CT molecular complexity index is 477. The van der Waals surface area contributed by atoms with Crippen LogP contribution in [0.5, 0.6) is 0 Å². The Morgan fingerprint density at radius 1 is 1.00 bits per heavy atom. The highest BCUT2D eigenvalue weighted by Gasteiger charge is 2.34. The van der Waals surface area contributed by atoms with E-state index >= 15 is 0 Å². The summed E-state index contributed by atoms with van der Waals surface area (Å²) in [5.41, 5.74) is 1.48. The molecule has 3 rings (SSSR count). The second-order valence-electron chi connectivity index (χ2n) is 8.02. The maximum Gasteiger partial charge on any atom is 0.0775 e. The van der Waals surface area contributed by atoms with Gasteiger partial charge in [0.25, 0.3) is 0 Å². The first-order chi connectivity index (χ1) is 9.93. The summed E-state index contributed by atoms with van der Waals surface area (Å²) in [5, 5.41) is 1.57. The number of nitrogens with zero attached hydrogens (tertiary/aromatic N) is 2. The van der Waals surface area contributed by atoms with Gasteiger partial charge in [0.2, 0.25) is 0 Å². The molecule has 0 aliphatic carbocycles. The summed E-state index contributed by atoms with van der Waals surface area (Å²) < 4.78 is 0. The van der Waals surface area contributed by atoms with Gasteiger partial charge >= 0.3 is 0 Å². The maximum atomic E-state index is 2.67. The van der Waals surface area contributed by atoms with Crippen molar-refractivity contribution in [3.63, 3.8) is 0 Å². The predicted octanol–water partition coefficient (Wildman–Crippen LogP) is 2.90. The molecule has 0 amide bonds. The van der Waals surface area contributed by atoms with Crippen molar-refractivity contribution in [2.45, 2.75) is 57.5 Å². The minimum Gasteiger partial charge on any atom is -0.299 e. The van der Waals surface area contributed by atoms with Crippen LogP contribution in [0.25, 0.3) is 0 Å². The van der Waals surface area contributed by atoms with E-state index in [9.17, 15) is 0 Å². The van der Waals surface area contributed by atoms with Gasteiger partial charge in [0.05, 0.1) is 8.07 Å². The standard InChI is InChI=1S/C18H30N2Si/c1-19-16-7-8-17(19)14-20(12-11-16)13-15-5-9-18(10-6-15)21(2,3)4/h5-6,9-10,16-17H,7-8,11-14H2,1-4H3. The number of benzene rings is 1. The van der Waals surface area contributed by atoms with Crippen molar-refractivity contribution in [3.8, 4) is 0 Å². The molecule has 1 aromatic carbocycles. The quantitative estimate of drug-likeness (QED) is 0.792. The Labute approximate surface area is 131 Å². The fourth-order valence-electron chi connectivity index (χ4n) is 3.89. The van der Waals surface area contributed by atoms with Gasteiger partial charge in [-0.1, -0.05) is 49.1 Å². The van der Waals surface area contributed by atoms with E-state index in [1.165, 1.54) is 37.9 Å². The number of likely N-dealkylation sites (N-methyl/N-ethyl adjacent to an activating group) is 1. The molecule has 0 spiro atoms. The Balaban J connectivity index is 1.64. The van der Waals surface area contributed by atoms with Crippen LogP contribution in [-0.2, 0) is 6.54 Å². The molecule has 2 saturated heterocycles. The molecule has 2 fully saturated rings. The summed E-state index contributed by atoms with van der Waals surface area (Å²) in [6.07, 6.45) is 4.16. The highest BCUT2D eigenvalue weighted by atomic mass is 28.3. The zero-order valence-electron chi connectivity index (χ0n) is 14.1. The Morgan fingerprint density at radius 2 is 1.67 bits per heavy atom. The Morgan fingerprint density at radius 3 is 2.33 bits per heavy atom. The molecule has 2 heterocycles. The van der Waals surface area contributed by atoms with Crippen LogP contribution >= 0.6 is 0 Å². The normalized spacial score (nSPS) is 27.8. The van der Waals surface area contributed by atoms with Crippen LogP contribution in [0.1, 0.15) is 24.8 Å². The molecule has 2 bridgehead atoms. The van der Waals surface area contributed by atoms with Crippen LogP contribution in [0.4, 0.5) is 0 Å². The monoisotopic (exact) mass is 302 g/mol. The van der Waals surface area contributed by atoms with E-state index in [0.29, 0.717) is 0 Å². The minimum absolute atomic E-state index is 0.791. The lowest BCUT2D eigenvalue weighted by atomic mass is 10.1. The molecule has 0 N–H and O–H groups in total. The fourth-order valence-corrected chi connectivity index (χ4v) is 5.06. The van der Waals surface area contributed by atoms with Crippen LogP contribution in [-0.4, -0.2) is 50.1 Å². The van der Waals surface area contributed by atoms with E-state index in [4.69, 9.17) is 0 Å². The van der Waals surface area contributed by atoms with Gasteiger partial charge < -0.3 is 0 Å². The van der Waals surface area contributed by atoms with Crippen LogP contribution in [0, 0.1) is 0 Å². The van der Waals surface area contributed by atoms with Crippen molar-refractivity contribution < 1.29 is 0 Å². The van der Waals surface area contributed by atoms with Gasteiger partial charge in [0.15, 0.2) is 0 Å². The van der Waals surface area contributed by atoms with Gasteiger partial charge in [-0.15, -0.1) is 0 Å². The molecule has 1 aromatic rings. The molecule has 0 radical (unpaired) electrons. The fraction of sp³-hybridized carbons (Fsp3) is 0.667. The summed E-state index contributed by atoms with van der Waals surface area (Å²) in [7, 11) is 1.17. The van der Waals surface area contributed by atoms with Crippen molar-refractivity contribution in [3.05, 3.63) is 29.8 Å². The average molecular weight is 303 g/mol. The molecule has 0 saturated carbocycles. The van der Waals surface area contributed by atoms with Crippen molar-refractivity contribution in [2.24, 2.45) is 0 Å². The molecule has 2 aliphatic rings. The molecule has 2 aliphatic heterocycles.